The molecule has 0 aromatic rings. The maximum absolute atomic E-state index is 3.41. The minimum Gasteiger partial charge on any atom is -0.308 e. The van der Waals surface area contributed by atoms with Gasteiger partial charge in [0.05, 0.1) is 0 Å². The summed E-state index contributed by atoms with van der Waals surface area (Å²) in [7, 11) is 0. The molecule has 1 nitrogen and oxygen atoms in total. The van der Waals surface area contributed by atoms with Crippen LogP contribution in [-0.2, 0) is 0 Å². The molecule has 1 aliphatic heterocycles. The lowest BCUT2D eigenvalue weighted by molar-refractivity contribution is 0.453. The van der Waals surface area contributed by atoms with Crippen molar-refractivity contribution in [1.29, 1.82) is 0 Å². The molecule has 0 radical (unpaired) electrons. The summed E-state index contributed by atoms with van der Waals surface area (Å²) in [5.41, 5.74) is 1.75. The van der Waals surface area contributed by atoms with Crippen LogP contribution in [0.5, 0.6) is 0 Å². The number of hydrogen-bond donors (Lipinski definition) is 1. The molecule has 0 unspecified atom stereocenters. The summed E-state index contributed by atoms with van der Waals surface area (Å²) in [6.45, 7) is 11.7. The van der Waals surface area contributed by atoms with Crippen LogP contribution in [-0.4, -0.2) is 12.1 Å². The van der Waals surface area contributed by atoms with Gasteiger partial charge in [0.25, 0.3) is 0 Å². The van der Waals surface area contributed by atoms with Gasteiger partial charge in [0.15, 0.2) is 0 Å². The first-order valence-electron chi connectivity index (χ1n) is 4.53. The summed E-state index contributed by atoms with van der Waals surface area (Å²) in [6.07, 6.45) is 3.51. The van der Waals surface area contributed by atoms with E-state index in [1.807, 2.05) is 13.8 Å². The predicted molar refractivity (Wildman–Crippen MR) is 51.8 cm³/mol. The van der Waals surface area contributed by atoms with E-state index in [0.29, 0.717) is 0 Å². The first-order chi connectivity index (χ1) is 5.10. The molecule has 0 bridgehead atoms. The lowest BCUT2D eigenvalue weighted by Gasteiger charge is -2.27. The van der Waals surface area contributed by atoms with E-state index in [-0.39, 0.29) is 5.54 Å². The van der Waals surface area contributed by atoms with Crippen molar-refractivity contribution in [3.8, 4) is 0 Å². The molecular weight excluding hydrogens is 134 g/mol. The summed E-state index contributed by atoms with van der Waals surface area (Å²) in [5.74, 6) is 0. The third-order valence-corrected chi connectivity index (χ3v) is 1.71. The number of rotatable bonds is 0. The monoisotopic (exact) mass is 155 g/mol. The summed E-state index contributed by atoms with van der Waals surface area (Å²) in [4.78, 5) is 0. The number of nitrogens with one attached hydrogen (secondary N) is 1. The van der Waals surface area contributed by atoms with Gasteiger partial charge in [0, 0.05) is 5.54 Å². The second-order valence-corrected chi connectivity index (χ2v) is 3.39. The van der Waals surface area contributed by atoms with E-state index < -0.39 is 0 Å². The topological polar surface area (TPSA) is 12.0 Å². The SMILES string of the molecule is CC.CC1=CC(C)(C)NCC1. The fourth-order valence-electron chi connectivity index (χ4n) is 1.32. The first-order valence-corrected chi connectivity index (χ1v) is 4.53. The van der Waals surface area contributed by atoms with Crippen LogP contribution in [0.1, 0.15) is 41.0 Å². The Bertz CT molecular complexity index is 134. The molecule has 11 heavy (non-hydrogen) atoms. The van der Waals surface area contributed by atoms with Crippen molar-refractivity contribution in [2.45, 2.75) is 46.6 Å². The Hall–Kier alpha value is -0.300. The van der Waals surface area contributed by atoms with Crippen LogP contribution in [0.3, 0.4) is 0 Å². The quantitative estimate of drug-likeness (QED) is 0.530. The van der Waals surface area contributed by atoms with Gasteiger partial charge in [-0.1, -0.05) is 25.5 Å². The summed E-state index contributed by atoms with van der Waals surface area (Å²) < 4.78 is 0. The average Bonchev–Trinajstić information content (AvgIpc) is 1.89. The largest absolute Gasteiger partial charge is 0.308 e. The van der Waals surface area contributed by atoms with Crippen LogP contribution in [0.2, 0.25) is 0 Å². The molecule has 0 saturated heterocycles. The maximum atomic E-state index is 3.41. The number of hydrogen-bond acceptors (Lipinski definition) is 1. The third kappa shape index (κ3) is 4.20. The Kier molecular flexibility index (Phi) is 4.43. The molecule has 1 aliphatic rings. The van der Waals surface area contributed by atoms with Crippen LogP contribution >= 0.6 is 0 Å². The zero-order chi connectivity index (χ0) is 8.91. The van der Waals surface area contributed by atoms with Crippen LogP contribution in [0.25, 0.3) is 0 Å². The fraction of sp³-hybridized carbons (Fsp3) is 0.800. The zero-order valence-corrected chi connectivity index (χ0v) is 8.49. The molecule has 1 heteroatoms. The zero-order valence-electron chi connectivity index (χ0n) is 8.49. The minimum atomic E-state index is 0.238. The van der Waals surface area contributed by atoms with Crippen molar-refractivity contribution in [3.63, 3.8) is 0 Å². The van der Waals surface area contributed by atoms with Crippen LogP contribution in [0.4, 0.5) is 0 Å². The second-order valence-electron chi connectivity index (χ2n) is 3.39. The van der Waals surface area contributed by atoms with E-state index in [1.54, 1.807) is 0 Å². The van der Waals surface area contributed by atoms with E-state index in [9.17, 15) is 0 Å². The Balaban J connectivity index is 0.000000461. The van der Waals surface area contributed by atoms with E-state index >= 15 is 0 Å². The summed E-state index contributed by atoms with van der Waals surface area (Å²) >= 11 is 0. The van der Waals surface area contributed by atoms with Crippen molar-refractivity contribution < 1.29 is 0 Å². The molecule has 0 fully saturated rings. The summed E-state index contributed by atoms with van der Waals surface area (Å²) in [5, 5.41) is 3.41. The van der Waals surface area contributed by atoms with Crippen LogP contribution < -0.4 is 5.32 Å². The summed E-state index contributed by atoms with van der Waals surface area (Å²) in [6, 6.07) is 0. The molecule has 1 rings (SSSR count). The van der Waals surface area contributed by atoms with E-state index in [1.165, 1.54) is 12.0 Å². The van der Waals surface area contributed by atoms with Crippen molar-refractivity contribution in [1.82, 2.24) is 5.32 Å². The van der Waals surface area contributed by atoms with Gasteiger partial charge in [0.2, 0.25) is 0 Å². The molecule has 0 atom stereocenters. The van der Waals surface area contributed by atoms with E-state index in [0.717, 1.165) is 6.54 Å². The highest BCUT2D eigenvalue weighted by Crippen LogP contribution is 2.14. The molecule has 1 N–H and O–H groups in total. The average molecular weight is 155 g/mol. The van der Waals surface area contributed by atoms with Gasteiger partial charge in [-0.15, -0.1) is 0 Å². The van der Waals surface area contributed by atoms with Gasteiger partial charge in [-0.2, -0.15) is 0 Å². The fourth-order valence-corrected chi connectivity index (χ4v) is 1.32. The van der Waals surface area contributed by atoms with Gasteiger partial charge >= 0.3 is 0 Å². The van der Waals surface area contributed by atoms with Gasteiger partial charge in [-0.25, -0.2) is 0 Å². The third-order valence-electron chi connectivity index (χ3n) is 1.71. The van der Waals surface area contributed by atoms with Crippen LogP contribution in [0.15, 0.2) is 11.6 Å². The highest BCUT2D eigenvalue weighted by atomic mass is 14.9. The van der Waals surface area contributed by atoms with Gasteiger partial charge in [-0.05, 0) is 33.7 Å². The van der Waals surface area contributed by atoms with E-state index in [2.05, 4.69) is 32.2 Å². The standard InChI is InChI=1S/C8H15N.C2H6/c1-7-4-5-9-8(2,3)6-7;1-2/h6,9H,4-5H2,1-3H3;1-2H3. The van der Waals surface area contributed by atoms with Crippen LogP contribution in [0, 0.1) is 0 Å². The highest BCUT2D eigenvalue weighted by Gasteiger charge is 2.16. The maximum Gasteiger partial charge on any atom is 0.0309 e. The van der Waals surface area contributed by atoms with Crippen molar-refractivity contribution >= 4 is 0 Å². The lowest BCUT2D eigenvalue weighted by Crippen LogP contribution is -2.40. The lowest BCUT2D eigenvalue weighted by atomic mass is 9.96. The molecule has 1 heterocycles. The molecule has 0 aromatic heterocycles. The smallest absolute Gasteiger partial charge is 0.0309 e. The normalized spacial score (nSPS) is 21.4. The Morgan fingerprint density at radius 2 is 1.91 bits per heavy atom. The molecule has 0 saturated carbocycles. The molecular formula is C10H21N. The van der Waals surface area contributed by atoms with Crippen molar-refractivity contribution in [2.75, 3.05) is 6.54 Å². The minimum absolute atomic E-state index is 0.238. The predicted octanol–water partition coefficient (Wildman–Crippen LogP) is 2.73. The van der Waals surface area contributed by atoms with E-state index in [4.69, 9.17) is 0 Å². The molecule has 66 valence electrons. The Morgan fingerprint density at radius 3 is 2.18 bits per heavy atom. The molecule has 0 spiro atoms. The highest BCUT2D eigenvalue weighted by molar-refractivity contribution is 5.13. The van der Waals surface area contributed by atoms with Crippen molar-refractivity contribution in [3.05, 3.63) is 11.6 Å². The Morgan fingerprint density at radius 1 is 1.36 bits per heavy atom. The van der Waals surface area contributed by atoms with Gasteiger partial charge < -0.3 is 5.32 Å². The van der Waals surface area contributed by atoms with Gasteiger partial charge in [0.1, 0.15) is 0 Å². The molecule has 0 aromatic carbocycles. The Labute approximate surface area is 70.9 Å². The molecule has 0 aliphatic carbocycles. The molecule has 0 amide bonds. The first kappa shape index (κ1) is 10.7. The second kappa shape index (κ2) is 4.55. The van der Waals surface area contributed by atoms with Gasteiger partial charge in [-0.3, -0.25) is 0 Å². The van der Waals surface area contributed by atoms with Crippen molar-refractivity contribution in [2.24, 2.45) is 0 Å².